The van der Waals surface area contributed by atoms with Crippen molar-refractivity contribution in [1.82, 2.24) is 9.99 Å². The molecule has 1 aliphatic rings. The smallest absolute Gasteiger partial charge is 0.244 e. The van der Waals surface area contributed by atoms with Gasteiger partial charge in [-0.15, -0.1) is 0 Å². The number of para-hydroxylation sites is 1. The normalized spacial score (nSPS) is 12.5. The Labute approximate surface area is 196 Å². The highest BCUT2D eigenvalue weighted by atomic mass is 35.5. The number of amides is 1. The molecule has 0 saturated carbocycles. The first kappa shape index (κ1) is 21.1. The van der Waals surface area contributed by atoms with Crippen LogP contribution in [0.1, 0.15) is 22.4 Å². The van der Waals surface area contributed by atoms with Gasteiger partial charge in [-0.2, -0.15) is 5.10 Å². The quantitative estimate of drug-likeness (QED) is 0.323. The molecule has 6 nitrogen and oxygen atoms in total. The third kappa shape index (κ3) is 4.30. The van der Waals surface area contributed by atoms with Crippen LogP contribution in [-0.4, -0.2) is 23.5 Å². The van der Waals surface area contributed by atoms with Gasteiger partial charge in [0, 0.05) is 33.7 Å². The Morgan fingerprint density at radius 2 is 1.88 bits per heavy atom. The van der Waals surface area contributed by atoms with Crippen LogP contribution in [0.15, 0.2) is 71.8 Å². The fourth-order valence-corrected chi connectivity index (χ4v) is 4.26. The summed E-state index contributed by atoms with van der Waals surface area (Å²) in [6, 6.07) is 21.5. The van der Waals surface area contributed by atoms with Gasteiger partial charge in [-0.1, -0.05) is 54.1 Å². The fourth-order valence-electron chi connectivity index (χ4n) is 4.07. The summed E-state index contributed by atoms with van der Waals surface area (Å²) in [6.45, 7) is 2.90. The van der Waals surface area contributed by atoms with Crippen molar-refractivity contribution in [3.8, 4) is 11.5 Å². The van der Waals surface area contributed by atoms with E-state index in [1.165, 1.54) is 0 Å². The average molecular weight is 460 g/mol. The van der Waals surface area contributed by atoms with E-state index in [0.717, 1.165) is 38.3 Å². The van der Waals surface area contributed by atoms with Crippen molar-refractivity contribution in [2.45, 2.75) is 19.9 Å². The topological polar surface area (TPSA) is 64.8 Å². The molecule has 0 spiro atoms. The molecule has 4 aromatic rings. The number of hydrogen-bond acceptors (Lipinski definition) is 4. The number of halogens is 1. The molecular weight excluding hydrogens is 438 g/mol. The van der Waals surface area contributed by atoms with E-state index < -0.39 is 0 Å². The van der Waals surface area contributed by atoms with E-state index in [1.54, 1.807) is 6.21 Å². The van der Waals surface area contributed by atoms with Crippen molar-refractivity contribution in [2.75, 3.05) is 6.79 Å². The lowest BCUT2D eigenvalue weighted by atomic mass is 10.1. The second-order valence-corrected chi connectivity index (χ2v) is 8.26. The van der Waals surface area contributed by atoms with E-state index in [1.807, 2.05) is 61.5 Å². The number of rotatable bonds is 6. The second kappa shape index (κ2) is 9.00. The van der Waals surface area contributed by atoms with Crippen LogP contribution in [0, 0.1) is 6.92 Å². The van der Waals surface area contributed by atoms with E-state index in [2.05, 4.69) is 27.2 Å². The maximum atomic E-state index is 12.4. The molecule has 1 aliphatic heterocycles. The van der Waals surface area contributed by atoms with E-state index in [9.17, 15) is 4.79 Å². The molecule has 166 valence electrons. The maximum absolute atomic E-state index is 12.4. The summed E-state index contributed by atoms with van der Waals surface area (Å²) < 4.78 is 12.9. The summed E-state index contributed by atoms with van der Waals surface area (Å²) in [7, 11) is 0. The van der Waals surface area contributed by atoms with Crippen molar-refractivity contribution in [3.63, 3.8) is 0 Å². The van der Waals surface area contributed by atoms with Gasteiger partial charge >= 0.3 is 0 Å². The zero-order valence-electron chi connectivity index (χ0n) is 18.0. The first-order chi connectivity index (χ1) is 16.1. The molecule has 2 heterocycles. The lowest BCUT2D eigenvalue weighted by Gasteiger charge is -2.10. The number of nitrogens with zero attached hydrogens (tertiary/aromatic N) is 2. The number of carbonyl (C=O) groups is 1. The predicted molar refractivity (Wildman–Crippen MR) is 129 cm³/mol. The van der Waals surface area contributed by atoms with E-state index in [4.69, 9.17) is 21.1 Å². The zero-order chi connectivity index (χ0) is 22.8. The van der Waals surface area contributed by atoms with Gasteiger partial charge in [-0.25, -0.2) is 5.43 Å². The number of aromatic nitrogens is 1. The monoisotopic (exact) mass is 459 g/mol. The van der Waals surface area contributed by atoms with Gasteiger partial charge in [0.15, 0.2) is 11.5 Å². The van der Waals surface area contributed by atoms with Gasteiger partial charge in [-0.3, -0.25) is 4.79 Å². The van der Waals surface area contributed by atoms with Crippen molar-refractivity contribution >= 4 is 34.6 Å². The Hall–Kier alpha value is -3.77. The number of hydrazone groups is 1. The summed E-state index contributed by atoms with van der Waals surface area (Å²) in [4.78, 5) is 12.4. The average Bonchev–Trinajstić information content (AvgIpc) is 3.38. The molecule has 0 fully saturated rings. The zero-order valence-corrected chi connectivity index (χ0v) is 18.8. The van der Waals surface area contributed by atoms with Gasteiger partial charge in [0.1, 0.15) is 0 Å². The molecule has 0 unspecified atom stereocenters. The van der Waals surface area contributed by atoms with Crippen LogP contribution in [0.2, 0.25) is 5.02 Å². The number of nitrogens with one attached hydrogen (secondary N) is 1. The van der Waals surface area contributed by atoms with Crippen molar-refractivity contribution in [1.29, 1.82) is 0 Å². The minimum atomic E-state index is -0.206. The molecule has 0 saturated heterocycles. The minimum Gasteiger partial charge on any atom is -0.454 e. The molecule has 33 heavy (non-hydrogen) atoms. The minimum absolute atomic E-state index is 0.196. The largest absolute Gasteiger partial charge is 0.454 e. The van der Waals surface area contributed by atoms with Gasteiger partial charge in [0.05, 0.1) is 12.6 Å². The Morgan fingerprint density at radius 3 is 2.76 bits per heavy atom. The summed E-state index contributed by atoms with van der Waals surface area (Å²) >= 11 is 6.40. The Bertz CT molecular complexity index is 1380. The molecule has 3 aromatic carbocycles. The summed E-state index contributed by atoms with van der Waals surface area (Å²) in [5.74, 6) is 1.15. The molecule has 1 aromatic heterocycles. The van der Waals surface area contributed by atoms with Crippen molar-refractivity contribution in [2.24, 2.45) is 5.10 Å². The number of ether oxygens (including phenoxy) is 2. The highest BCUT2D eigenvalue weighted by Gasteiger charge is 2.15. The van der Waals surface area contributed by atoms with Crippen LogP contribution in [-0.2, 0) is 17.8 Å². The van der Waals surface area contributed by atoms with Crippen molar-refractivity contribution in [3.05, 3.63) is 94.1 Å². The lowest BCUT2D eigenvalue weighted by molar-refractivity contribution is -0.120. The fraction of sp³-hybridized carbons (Fsp3) is 0.154. The number of benzene rings is 3. The van der Waals surface area contributed by atoms with E-state index in [0.29, 0.717) is 18.0 Å². The Kier molecular flexibility index (Phi) is 5.75. The van der Waals surface area contributed by atoms with Gasteiger partial charge < -0.3 is 14.0 Å². The molecule has 5 rings (SSSR count). The highest BCUT2D eigenvalue weighted by molar-refractivity contribution is 6.31. The molecule has 0 bridgehead atoms. The van der Waals surface area contributed by atoms with E-state index >= 15 is 0 Å². The van der Waals surface area contributed by atoms with Crippen LogP contribution in [0.25, 0.3) is 10.9 Å². The molecule has 1 N–H and O–H groups in total. The third-order valence-corrected chi connectivity index (χ3v) is 6.12. The Balaban J connectivity index is 1.35. The first-order valence-corrected chi connectivity index (χ1v) is 11.0. The molecule has 0 atom stereocenters. The predicted octanol–water partition coefficient (Wildman–Crippen LogP) is 5.07. The maximum Gasteiger partial charge on any atom is 0.244 e. The summed E-state index contributed by atoms with van der Waals surface area (Å²) in [6.07, 6.45) is 1.90. The van der Waals surface area contributed by atoms with Gasteiger partial charge in [0.2, 0.25) is 12.7 Å². The molecule has 7 heteroatoms. The Morgan fingerprint density at radius 1 is 1.09 bits per heavy atom. The molecular formula is C26H22ClN3O3. The number of carbonyl (C=O) groups excluding carboxylic acids is 1. The lowest BCUT2D eigenvalue weighted by Crippen LogP contribution is -2.19. The molecule has 1 amide bonds. The van der Waals surface area contributed by atoms with Gasteiger partial charge in [0.25, 0.3) is 0 Å². The molecule has 0 aliphatic carbocycles. The van der Waals surface area contributed by atoms with Crippen LogP contribution in [0.3, 0.4) is 0 Å². The van der Waals surface area contributed by atoms with Gasteiger partial charge in [-0.05, 0) is 42.3 Å². The van der Waals surface area contributed by atoms with Crippen molar-refractivity contribution < 1.29 is 14.3 Å². The first-order valence-electron chi connectivity index (χ1n) is 10.6. The van der Waals surface area contributed by atoms with Crippen LogP contribution in [0.4, 0.5) is 0 Å². The highest BCUT2D eigenvalue weighted by Crippen LogP contribution is 2.32. The SMILES string of the molecule is Cc1c(/C=N\NC(=O)Cc2ccc3c(c2)OCO3)c2ccccc2n1Cc1ccccc1Cl. The standard InChI is InChI=1S/C26H22ClN3O3/c1-17-21(14-28-29-26(31)13-18-10-11-24-25(12-18)33-16-32-24)20-7-3-5-9-23(20)30(17)15-19-6-2-4-8-22(19)27/h2-12,14H,13,15-16H2,1H3,(H,29,31)/b28-14-. The molecule has 0 radical (unpaired) electrons. The third-order valence-electron chi connectivity index (χ3n) is 5.75. The van der Waals surface area contributed by atoms with Crippen LogP contribution in [0.5, 0.6) is 11.5 Å². The summed E-state index contributed by atoms with van der Waals surface area (Å²) in [5, 5.41) is 6.04. The van der Waals surface area contributed by atoms with E-state index in [-0.39, 0.29) is 19.1 Å². The summed E-state index contributed by atoms with van der Waals surface area (Å²) in [5.41, 5.74) is 7.60. The number of fused-ring (bicyclic) bond motifs is 2. The number of hydrogen-bond donors (Lipinski definition) is 1. The van der Waals surface area contributed by atoms with Crippen LogP contribution >= 0.6 is 11.6 Å². The van der Waals surface area contributed by atoms with Crippen LogP contribution < -0.4 is 14.9 Å². The second-order valence-electron chi connectivity index (χ2n) is 7.85.